The molecule has 2 aromatic rings. The van der Waals surface area contributed by atoms with Gasteiger partial charge in [-0.1, -0.05) is 18.7 Å². The number of methoxy groups -OCH3 is 1. The van der Waals surface area contributed by atoms with Gasteiger partial charge >= 0.3 is 0 Å². The lowest BCUT2D eigenvalue weighted by Crippen LogP contribution is -2.31. The lowest BCUT2D eigenvalue weighted by atomic mass is 9.94. The summed E-state index contributed by atoms with van der Waals surface area (Å²) >= 11 is 0. The van der Waals surface area contributed by atoms with Crippen LogP contribution in [0.3, 0.4) is 0 Å². The number of nitrogens with zero attached hydrogens (tertiary/aromatic N) is 1. The minimum Gasteiger partial charge on any atom is -0.507 e. The number of rotatable bonds is 11. The number of aliphatic hydroxyl groups is 1. The van der Waals surface area contributed by atoms with Crippen LogP contribution in [0, 0.1) is 0 Å². The molecule has 2 heterocycles. The maximum atomic E-state index is 13.3. The molecule has 1 amide bonds. The molecule has 8 nitrogen and oxygen atoms in total. The van der Waals surface area contributed by atoms with Gasteiger partial charge < -0.3 is 29.0 Å². The zero-order valence-corrected chi connectivity index (χ0v) is 21.5. The van der Waals surface area contributed by atoms with Crippen molar-refractivity contribution in [3.63, 3.8) is 0 Å². The van der Waals surface area contributed by atoms with Gasteiger partial charge in [0.1, 0.15) is 24.2 Å². The van der Waals surface area contributed by atoms with Crippen molar-refractivity contribution in [2.24, 2.45) is 0 Å². The average molecular weight is 508 g/mol. The first-order chi connectivity index (χ1) is 17.9. The monoisotopic (exact) mass is 507 g/mol. The predicted octanol–water partition coefficient (Wildman–Crippen LogP) is 4.43. The first kappa shape index (κ1) is 26.3. The number of amides is 1. The van der Waals surface area contributed by atoms with Gasteiger partial charge in [-0.25, -0.2) is 0 Å². The smallest absolute Gasteiger partial charge is 0.295 e. The first-order valence-corrected chi connectivity index (χ1v) is 12.5. The van der Waals surface area contributed by atoms with E-state index in [4.69, 9.17) is 18.9 Å². The van der Waals surface area contributed by atoms with Crippen LogP contribution in [0.2, 0.25) is 0 Å². The van der Waals surface area contributed by atoms with Gasteiger partial charge in [0.15, 0.2) is 11.5 Å². The van der Waals surface area contributed by atoms with Crippen LogP contribution in [-0.2, 0) is 20.7 Å². The van der Waals surface area contributed by atoms with Crippen LogP contribution < -0.4 is 14.2 Å². The maximum absolute atomic E-state index is 13.3. The van der Waals surface area contributed by atoms with Crippen molar-refractivity contribution in [2.75, 3.05) is 33.5 Å². The van der Waals surface area contributed by atoms with Crippen LogP contribution in [0.1, 0.15) is 43.0 Å². The van der Waals surface area contributed by atoms with E-state index in [1.165, 1.54) is 4.90 Å². The molecule has 196 valence electrons. The number of Topliss-reactive ketones (excluding diaryl/α,β-unsaturated/α-hetero) is 1. The average Bonchev–Trinajstić information content (AvgIpc) is 3.38. The summed E-state index contributed by atoms with van der Waals surface area (Å²) in [5.74, 6) is 0.158. The standard InChI is InChI=1S/C29H33NO7/c1-5-13-36-23-11-8-19(17-24(23)35-6-2)26-25(28(32)29(33)30(26)12-7-14-34-4)27(31)20-9-10-22-21(16-20)15-18(3)37-22/h5,8-11,16-18,26,31H,1,6-7,12-15H2,2-4H3/b27-25+/t18-,26-/m0/s1. The van der Waals surface area contributed by atoms with E-state index in [0.29, 0.717) is 55.3 Å². The molecule has 4 rings (SSSR count). The number of likely N-dealkylation sites (tertiary alicyclic amines) is 1. The van der Waals surface area contributed by atoms with Crippen LogP contribution in [0.25, 0.3) is 5.76 Å². The van der Waals surface area contributed by atoms with E-state index >= 15 is 0 Å². The van der Waals surface area contributed by atoms with Crippen molar-refractivity contribution in [3.05, 3.63) is 71.3 Å². The van der Waals surface area contributed by atoms with Crippen molar-refractivity contribution in [2.45, 2.75) is 38.8 Å². The highest BCUT2D eigenvalue weighted by Crippen LogP contribution is 2.43. The number of ether oxygens (including phenoxy) is 4. The molecule has 2 aliphatic rings. The summed E-state index contributed by atoms with van der Waals surface area (Å²) in [6, 6.07) is 9.80. The highest BCUT2D eigenvalue weighted by molar-refractivity contribution is 6.46. The van der Waals surface area contributed by atoms with Crippen LogP contribution in [0.5, 0.6) is 17.2 Å². The Balaban J connectivity index is 1.81. The van der Waals surface area contributed by atoms with Gasteiger partial charge in [-0.15, -0.1) is 0 Å². The highest BCUT2D eigenvalue weighted by Gasteiger charge is 2.46. The Morgan fingerprint density at radius 1 is 1.19 bits per heavy atom. The molecule has 0 unspecified atom stereocenters. The van der Waals surface area contributed by atoms with Gasteiger partial charge in [0, 0.05) is 32.2 Å². The molecule has 0 spiro atoms. The van der Waals surface area contributed by atoms with Crippen molar-refractivity contribution in [3.8, 4) is 17.2 Å². The van der Waals surface area contributed by atoms with E-state index in [1.807, 2.05) is 19.9 Å². The van der Waals surface area contributed by atoms with Crippen molar-refractivity contribution in [1.29, 1.82) is 0 Å². The molecule has 8 heteroatoms. The molecule has 1 N–H and O–H groups in total. The maximum Gasteiger partial charge on any atom is 0.295 e. The summed E-state index contributed by atoms with van der Waals surface area (Å²) in [7, 11) is 1.58. The number of benzene rings is 2. The van der Waals surface area contributed by atoms with E-state index < -0.39 is 17.7 Å². The molecule has 1 fully saturated rings. The van der Waals surface area contributed by atoms with Crippen LogP contribution >= 0.6 is 0 Å². The van der Waals surface area contributed by atoms with Crippen molar-refractivity contribution < 1.29 is 33.6 Å². The predicted molar refractivity (Wildman–Crippen MR) is 139 cm³/mol. The largest absolute Gasteiger partial charge is 0.507 e. The summed E-state index contributed by atoms with van der Waals surface area (Å²) in [6.07, 6.45) is 2.91. The Hall–Kier alpha value is -3.78. The summed E-state index contributed by atoms with van der Waals surface area (Å²) in [5, 5.41) is 11.4. The van der Waals surface area contributed by atoms with Gasteiger partial charge in [-0.05, 0) is 61.7 Å². The number of aliphatic hydroxyl groups excluding tert-OH is 1. The zero-order chi connectivity index (χ0) is 26.5. The second kappa shape index (κ2) is 11.5. The van der Waals surface area contributed by atoms with Gasteiger partial charge in [-0.2, -0.15) is 0 Å². The Morgan fingerprint density at radius 3 is 2.73 bits per heavy atom. The first-order valence-electron chi connectivity index (χ1n) is 12.5. The molecule has 2 atom stereocenters. The molecule has 2 aromatic carbocycles. The molecule has 37 heavy (non-hydrogen) atoms. The van der Waals surface area contributed by atoms with Crippen molar-refractivity contribution in [1.82, 2.24) is 4.90 Å². The lowest BCUT2D eigenvalue weighted by Gasteiger charge is -2.26. The molecular formula is C29H33NO7. The number of hydrogen-bond acceptors (Lipinski definition) is 7. The van der Waals surface area contributed by atoms with Gasteiger partial charge in [0.2, 0.25) is 0 Å². The fourth-order valence-corrected chi connectivity index (χ4v) is 4.79. The minimum atomic E-state index is -0.798. The van der Waals surface area contributed by atoms with E-state index in [0.717, 1.165) is 11.3 Å². The van der Waals surface area contributed by atoms with Crippen molar-refractivity contribution >= 4 is 17.4 Å². The van der Waals surface area contributed by atoms with E-state index in [1.54, 1.807) is 43.5 Å². The lowest BCUT2D eigenvalue weighted by molar-refractivity contribution is -0.140. The number of carbonyl (C=O) groups is 2. The molecule has 2 aliphatic heterocycles. The fourth-order valence-electron chi connectivity index (χ4n) is 4.79. The SMILES string of the molecule is C=CCOc1ccc([C@H]2/C(=C(\O)c3ccc4c(c3)C[C@H](C)O4)C(=O)C(=O)N2CCCOC)cc1OCC. The topological polar surface area (TPSA) is 94.5 Å². The third-order valence-electron chi connectivity index (χ3n) is 6.40. The number of ketones is 1. The molecular weight excluding hydrogens is 474 g/mol. The second-order valence-corrected chi connectivity index (χ2v) is 9.03. The molecule has 1 saturated heterocycles. The zero-order valence-electron chi connectivity index (χ0n) is 21.5. The van der Waals surface area contributed by atoms with E-state index in [-0.39, 0.29) is 24.0 Å². The van der Waals surface area contributed by atoms with E-state index in [9.17, 15) is 14.7 Å². The van der Waals surface area contributed by atoms with Gasteiger partial charge in [-0.3, -0.25) is 9.59 Å². The minimum absolute atomic E-state index is 0.0385. The Bertz CT molecular complexity index is 1220. The van der Waals surface area contributed by atoms with Crippen LogP contribution in [-0.4, -0.2) is 61.3 Å². The number of hydrogen-bond donors (Lipinski definition) is 1. The summed E-state index contributed by atoms with van der Waals surface area (Å²) in [4.78, 5) is 28.0. The summed E-state index contributed by atoms with van der Waals surface area (Å²) < 4.78 is 22.5. The number of carbonyl (C=O) groups excluding carboxylic acids is 2. The Labute approximate surface area is 217 Å². The Kier molecular flexibility index (Phi) is 8.18. The third kappa shape index (κ3) is 5.34. The molecule has 0 aliphatic carbocycles. The Morgan fingerprint density at radius 2 is 2.00 bits per heavy atom. The normalized spacial score (nSPS) is 20.0. The summed E-state index contributed by atoms with van der Waals surface area (Å²) in [5.41, 5.74) is 2.08. The van der Waals surface area contributed by atoms with Gasteiger partial charge in [0.05, 0.1) is 18.2 Å². The van der Waals surface area contributed by atoms with Gasteiger partial charge in [0.25, 0.3) is 11.7 Å². The van der Waals surface area contributed by atoms with E-state index in [2.05, 4.69) is 6.58 Å². The molecule has 0 saturated carbocycles. The molecule has 0 radical (unpaired) electrons. The third-order valence-corrected chi connectivity index (χ3v) is 6.40. The molecule has 0 aromatic heterocycles. The fraction of sp³-hybridized carbons (Fsp3) is 0.379. The second-order valence-electron chi connectivity index (χ2n) is 9.03. The number of fused-ring (bicyclic) bond motifs is 1. The summed E-state index contributed by atoms with van der Waals surface area (Å²) in [6.45, 7) is 8.93. The van der Waals surface area contributed by atoms with Crippen LogP contribution in [0.15, 0.2) is 54.6 Å². The quantitative estimate of drug-likeness (QED) is 0.158. The van der Waals surface area contributed by atoms with Crippen LogP contribution in [0.4, 0.5) is 0 Å². The highest BCUT2D eigenvalue weighted by atomic mass is 16.5. The molecule has 0 bridgehead atoms.